The molecule has 0 aliphatic carbocycles. The van der Waals surface area contributed by atoms with E-state index in [9.17, 15) is 0 Å². The predicted octanol–water partition coefficient (Wildman–Crippen LogP) is 2.60. The van der Waals surface area contributed by atoms with Gasteiger partial charge in [-0.25, -0.2) is 9.97 Å². The molecule has 0 saturated carbocycles. The van der Waals surface area contributed by atoms with E-state index in [4.69, 9.17) is 5.73 Å². The van der Waals surface area contributed by atoms with E-state index in [1.165, 1.54) is 24.1 Å². The lowest BCUT2D eigenvalue weighted by molar-refractivity contribution is 0.135. The average Bonchev–Trinajstić information content (AvgIpc) is 3.02. The SMILES string of the molecule is Cl.Nc1ncc(CN2CCCCC2c2ncc[nH]2)s1. The molecule has 1 unspecified atom stereocenters. The number of thiazole rings is 1. The summed E-state index contributed by atoms with van der Waals surface area (Å²) in [4.78, 5) is 15.5. The number of hydrogen-bond acceptors (Lipinski definition) is 5. The lowest BCUT2D eigenvalue weighted by atomic mass is 10.0. The van der Waals surface area contributed by atoms with Gasteiger partial charge in [-0.15, -0.1) is 23.7 Å². The van der Waals surface area contributed by atoms with Gasteiger partial charge in [-0.1, -0.05) is 6.42 Å². The summed E-state index contributed by atoms with van der Waals surface area (Å²) in [6.07, 6.45) is 9.30. The molecule has 3 rings (SSSR count). The summed E-state index contributed by atoms with van der Waals surface area (Å²) in [6.45, 7) is 2.03. The molecule has 0 amide bonds. The quantitative estimate of drug-likeness (QED) is 0.914. The number of nitrogens with two attached hydrogens (primary N) is 1. The van der Waals surface area contributed by atoms with Gasteiger partial charge in [-0.3, -0.25) is 4.90 Å². The van der Waals surface area contributed by atoms with E-state index < -0.39 is 0 Å². The number of nitrogen functional groups attached to an aromatic ring is 1. The van der Waals surface area contributed by atoms with Crippen LogP contribution < -0.4 is 5.73 Å². The number of halogens is 1. The van der Waals surface area contributed by atoms with Gasteiger partial charge in [0.2, 0.25) is 0 Å². The van der Waals surface area contributed by atoms with Gasteiger partial charge in [0.25, 0.3) is 0 Å². The Morgan fingerprint density at radius 2 is 2.32 bits per heavy atom. The highest BCUT2D eigenvalue weighted by Crippen LogP contribution is 2.31. The van der Waals surface area contributed by atoms with E-state index in [-0.39, 0.29) is 12.4 Å². The van der Waals surface area contributed by atoms with E-state index in [2.05, 4.69) is 19.9 Å². The Bertz CT molecular complexity index is 498. The van der Waals surface area contributed by atoms with Gasteiger partial charge < -0.3 is 10.7 Å². The van der Waals surface area contributed by atoms with Crippen LogP contribution in [0.15, 0.2) is 18.6 Å². The van der Waals surface area contributed by atoms with Crippen molar-refractivity contribution in [3.05, 3.63) is 29.3 Å². The summed E-state index contributed by atoms with van der Waals surface area (Å²) in [5.74, 6) is 1.08. The molecule has 1 aliphatic heterocycles. The maximum absolute atomic E-state index is 5.68. The number of hydrogen-bond donors (Lipinski definition) is 2. The standard InChI is InChI=1S/C12H17N5S.ClH/c13-12-16-7-9(18-12)8-17-6-2-1-3-10(17)11-14-4-5-15-11;/h4-5,7,10H,1-3,6,8H2,(H2,13,16)(H,14,15);1H. The highest BCUT2D eigenvalue weighted by atomic mass is 35.5. The second-order valence-corrected chi connectivity index (χ2v) is 5.77. The first-order valence-corrected chi connectivity index (χ1v) is 7.08. The molecule has 1 aliphatic rings. The summed E-state index contributed by atoms with van der Waals surface area (Å²) in [5, 5.41) is 0.650. The van der Waals surface area contributed by atoms with Crippen molar-refractivity contribution in [3.8, 4) is 0 Å². The third kappa shape index (κ3) is 3.26. The van der Waals surface area contributed by atoms with Gasteiger partial charge in [-0.2, -0.15) is 0 Å². The molecule has 1 saturated heterocycles. The molecule has 3 heterocycles. The second-order valence-electron chi connectivity index (χ2n) is 4.62. The van der Waals surface area contributed by atoms with Gasteiger partial charge in [0.1, 0.15) is 5.82 Å². The van der Waals surface area contributed by atoms with Crippen LogP contribution in [0.2, 0.25) is 0 Å². The van der Waals surface area contributed by atoms with Crippen LogP contribution in [-0.2, 0) is 6.54 Å². The first-order chi connectivity index (χ1) is 8.83. The van der Waals surface area contributed by atoms with Crippen LogP contribution in [0, 0.1) is 0 Å². The van der Waals surface area contributed by atoms with Crippen LogP contribution in [0.25, 0.3) is 0 Å². The lowest BCUT2D eigenvalue weighted by Gasteiger charge is -2.34. The van der Waals surface area contributed by atoms with E-state index >= 15 is 0 Å². The summed E-state index contributed by atoms with van der Waals surface area (Å²) >= 11 is 1.58. The van der Waals surface area contributed by atoms with Crippen molar-refractivity contribution < 1.29 is 0 Å². The first kappa shape index (κ1) is 14.3. The molecule has 3 N–H and O–H groups in total. The first-order valence-electron chi connectivity index (χ1n) is 6.26. The van der Waals surface area contributed by atoms with Crippen LogP contribution >= 0.6 is 23.7 Å². The van der Waals surface area contributed by atoms with Crippen LogP contribution in [0.1, 0.15) is 36.0 Å². The van der Waals surface area contributed by atoms with Crippen molar-refractivity contribution in [2.24, 2.45) is 0 Å². The zero-order chi connectivity index (χ0) is 12.4. The molecule has 5 nitrogen and oxygen atoms in total. The summed E-state index contributed by atoms with van der Waals surface area (Å²) in [7, 11) is 0. The number of anilines is 1. The minimum atomic E-state index is 0. The van der Waals surface area contributed by atoms with Gasteiger partial charge in [0, 0.05) is 30.0 Å². The number of H-pyrrole nitrogens is 1. The number of aromatic amines is 1. The third-order valence-electron chi connectivity index (χ3n) is 3.38. The highest BCUT2D eigenvalue weighted by Gasteiger charge is 2.26. The Labute approximate surface area is 122 Å². The number of nitrogens with zero attached hydrogens (tertiary/aromatic N) is 3. The molecule has 2 aromatic heterocycles. The zero-order valence-corrected chi connectivity index (χ0v) is 12.2. The number of rotatable bonds is 3. The van der Waals surface area contributed by atoms with E-state index in [1.807, 2.05) is 18.6 Å². The van der Waals surface area contributed by atoms with Gasteiger partial charge in [0.15, 0.2) is 5.13 Å². The van der Waals surface area contributed by atoms with E-state index in [0.29, 0.717) is 11.2 Å². The van der Waals surface area contributed by atoms with Crippen molar-refractivity contribution in [2.45, 2.75) is 31.8 Å². The smallest absolute Gasteiger partial charge is 0.180 e. The summed E-state index contributed by atoms with van der Waals surface area (Å²) in [6, 6.07) is 0.400. The number of imidazole rings is 1. The maximum atomic E-state index is 5.68. The fourth-order valence-electron chi connectivity index (χ4n) is 2.55. The van der Waals surface area contributed by atoms with E-state index in [1.54, 1.807) is 11.3 Å². The van der Waals surface area contributed by atoms with Crippen LogP contribution in [0.3, 0.4) is 0 Å². The lowest BCUT2D eigenvalue weighted by Crippen LogP contribution is -2.33. The molecule has 104 valence electrons. The molecular weight excluding hydrogens is 282 g/mol. The third-order valence-corrected chi connectivity index (χ3v) is 4.19. The minimum absolute atomic E-state index is 0. The Hall–Kier alpha value is -1.11. The molecule has 7 heteroatoms. The zero-order valence-electron chi connectivity index (χ0n) is 10.6. The van der Waals surface area contributed by atoms with Crippen LogP contribution in [0.5, 0.6) is 0 Å². The Morgan fingerprint density at radius 1 is 1.42 bits per heavy atom. The summed E-state index contributed by atoms with van der Waals surface area (Å²) in [5.41, 5.74) is 5.68. The van der Waals surface area contributed by atoms with Gasteiger partial charge in [-0.05, 0) is 19.4 Å². The summed E-state index contributed by atoms with van der Waals surface area (Å²) < 4.78 is 0. The second kappa shape index (κ2) is 6.36. The monoisotopic (exact) mass is 299 g/mol. The van der Waals surface area contributed by atoms with Gasteiger partial charge >= 0.3 is 0 Å². The molecule has 1 fully saturated rings. The number of likely N-dealkylation sites (tertiary alicyclic amines) is 1. The largest absolute Gasteiger partial charge is 0.375 e. The Kier molecular flexibility index (Phi) is 4.79. The number of piperidine rings is 1. The van der Waals surface area contributed by atoms with Crippen LogP contribution in [-0.4, -0.2) is 26.4 Å². The predicted molar refractivity (Wildman–Crippen MR) is 79.4 cm³/mol. The molecule has 19 heavy (non-hydrogen) atoms. The van der Waals surface area contributed by atoms with Gasteiger partial charge in [0.05, 0.1) is 6.04 Å². The van der Waals surface area contributed by atoms with Crippen molar-refractivity contribution in [3.63, 3.8) is 0 Å². The van der Waals surface area contributed by atoms with Crippen molar-refractivity contribution in [1.29, 1.82) is 0 Å². The average molecular weight is 300 g/mol. The van der Waals surface area contributed by atoms with Crippen molar-refractivity contribution >= 4 is 28.9 Å². The Morgan fingerprint density at radius 3 is 3.00 bits per heavy atom. The minimum Gasteiger partial charge on any atom is -0.375 e. The number of aromatic nitrogens is 3. The number of nitrogens with one attached hydrogen (secondary N) is 1. The molecule has 0 aromatic carbocycles. The van der Waals surface area contributed by atoms with Crippen molar-refractivity contribution in [1.82, 2.24) is 19.9 Å². The van der Waals surface area contributed by atoms with Crippen molar-refractivity contribution in [2.75, 3.05) is 12.3 Å². The maximum Gasteiger partial charge on any atom is 0.180 e. The molecule has 2 aromatic rings. The molecule has 1 atom stereocenters. The Balaban J connectivity index is 0.00000133. The topological polar surface area (TPSA) is 70.8 Å². The molecule has 0 spiro atoms. The molecule has 0 bridgehead atoms. The highest BCUT2D eigenvalue weighted by molar-refractivity contribution is 7.15. The van der Waals surface area contributed by atoms with E-state index in [0.717, 1.165) is 18.9 Å². The normalized spacial score (nSPS) is 20.1. The fourth-order valence-corrected chi connectivity index (χ4v) is 3.26. The molecular formula is C12H18ClN5S. The fraction of sp³-hybridized carbons (Fsp3) is 0.500. The molecule has 0 radical (unpaired) electrons. The van der Waals surface area contributed by atoms with Crippen LogP contribution in [0.4, 0.5) is 5.13 Å².